The predicted molar refractivity (Wildman–Crippen MR) is 71.8 cm³/mol. The van der Waals surface area contributed by atoms with Crippen LogP contribution in [0.5, 0.6) is 0 Å². The third-order valence-corrected chi connectivity index (χ3v) is 3.75. The van der Waals surface area contributed by atoms with Crippen LogP contribution in [0.1, 0.15) is 37.3 Å². The van der Waals surface area contributed by atoms with Crippen molar-refractivity contribution in [3.63, 3.8) is 0 Å². The van der Waals surface area contributed by atoms with E-state index in [1.54, 1.807) is 6.07 Å². The van der Waals surface area contributed by atoms with Gasteiger partial charge in [-0.3, -0.25) is 4.79 Å². The number of carbonyl (C=O) groups is 1. The number of fused-ring (bicyclic) bond motifs is 1. The van der Waals surface area contributed by atoms with Gasteiger partial charge in [0.2, 0.25) is 11.9 Å². The Hall–Kier alpha value is -2.19. The Morgan fingerprint density at radius 3 is 2.78 bits per heavy atom. The molecule has 1 N–H and O–H groups in total. The van der Waals surface area contributed by atoms with E-state index >= 15 is 0 Å². The second-order valence-corrected chi connectivity index (χ2v) is 5.64. The summed E-state index contributed by atoms with van der Waals surface area (Å²) >= 11 is 0. The number of hydrogen-bond donors (Lipinski definition) is 1. The monoisotopic (exact) mass is 330 g/mol. The lowest BCUT2D eigenvalue weighted by atomic mass is 10.0. The number of aromatic nitrogens is 3. The highest BCUT2D eigenvalue weighted by atomic mass is 19.4. The van der Waals surface area contributed by atoms with Gasteiger partial charge in [0.15, 0.2) is 5.65 Å². The van der Waals surface area contributed by atoms with Crippen molar-refractivity contribution in [2.45, 2.75) is 37.9 Å². The van der Waals surface area contributed by atoms with Crippen LogP contribution in [0.15, 0.2) is 18.5 Å². The molecule has 0 radical (unpaired) electrons. The summed E-state index contributed by atoms with van der Waals surface area (Å²) in [6.45, 7) is 0. The SMILES string of the molecule is O=C(CCC(F)(F)F)N[C@@H](c1cnn2c(F)cnc2c1)C1CC1. The third kappa shape index (κ3) is 3.77. The minimum Gasteiger partial charge on any atom is -0.349 e. The number of nitrogens with one attached hydrogen (secondary N) is 1. The van der Waals surface area contributed by atoms with Gasteiger partial charge in [0.05, 0.1) is 24.9 Å². The Kier molecular flexibility index (Phi) is 3.95. The molecule has 0 unspecified atom stereocenters. The number of hydrogen-bond acceptors (Lipinski definition) is 3. The normalized spacial score (nSPS) is 16.5. The maximum absolute atomic E-state index is 13.3. The topological polar surface area (TPSA) is 59.3 Å². The van der Waals surface area contributed by atoms with Crippen molar-refractivity contribution in [2.75, 3.05) is 0 Å². The van der Waals surface area contributed by atoms with E-state index < -0.39 is 36.9 Å². The predicted octanol–water partition coefficient (Wildman–Crippen LogP) is 2.78. The van der Waals surface area contributed by atoms with E-state index in [-0.39, 0.29) is 11.6 Å². The molecule has 0 saturated heterocycles. The van der Waals surface area contributed by atoms with Crippen LogP contribution in [-0.2, 0) is 4.79 Å². The molecule has 2 aromatic heterocycles. The lowest BCUT2D eigenvalue weighted by Crippen LogP contribution is -2.31. The molecule has 2 aromatic rings. The molecule has 3 rings (SSSR count). The van der Waals surface area contributed by atoms with Crippen LogP contribution in [0.4, 0.5) is 17.6 Å². The molecule has 0 aliphatic heterocycles. The zero-order valence-corrected chi connectivity index (χ0v) is 12.0. The average Bonchev–Trinajstić information content (AvgIpc) is 3.26. The van der Waals surface area contributed by atoms with Gasteiger partial charge in [-0.2, -0.15) is 27.2 Å². The van der Waals surface area contributed by atoms with Gasteiger partial charge in [-0.05, 0) is 30.4 Å². The molecule has 2 heterocycles. The number of rotatable bonds is 5. The van der Waals surface area contributed by atoms with E-state index in [0.29, 0.717) is 5.56 Å². The Bertz CT molecular complexity index is 723. The van der Waals surface area contributed by atoms with E-state index in [1.807, 2.05) is 0 Å². The zero-order valence-electron chi connectivity index (χ0n) is 12.0. The molecule has 23 heavy (non-hydrogen) atoms. The Morgan fingerprint density at radius 2 is 2.13 bits per heavy atom. The lowest BCUT2D eigenvalue weighted by molar-refractivity contribution is -0.144. The molecule has 5 nitrogen and oxygen atoms in total. The Balaban J connectivity index is 1.74. The van der Waals surface area contributed by atoms with E-state index in [4.69, 9.17) is 0 Å². The summed E-state index contributed by atoms with van der Waals surface area (Å²) in [6.07, 6.45) is -1.94. The molecule has 1 saturated carbocycles. The van der Waals surface area contributed by atoms with Crippen LogP contribution >= 0.6 is 0 Å². The fraction of sp³-hybridized carbons (Fsp3) is 0.500. The number of alkyl halides is 3. The second kappa shape index (κ2) is 5.78. The highest BCUT2D eigenvalue weighted by Crippen LogP contribution is 2.41. The van der Waals surface area contributed by atoms with E-state index in [9.17, 15) is 22.4 Å². The van der Waals surface area contributed by atoms with Gasteiger partial charge in [-0.25, -0.2) is 4.98 Å². The number of nitrogens with zero attached hydrogens (tertiary/aromatic N) is 3. The van der Waals surface area contributed by atoms with Crippen LogP contribution in [0.2, 0.25) is 0 Å². The van der Waals surface area contributed by atoms with Gasteiger partial charge < -0.3 is 5.32 Å². The number of halogens is 4. The van der Waals surface area contributed by atoms with Crippen molar-refractivity contribution in [1.82, 2.24) is 19.9 Å². The first kappa shape index (κ1) is 15.7. The molecule has 1 amide bonds. The summed E-state index contributed by atoms with van der Waals surface area (Å²) in [5.41, 5.74) is 0.904. The van der Waals surface area contributed by atoms with E-state index in [0.717, 1.165) is 23.6 Å². The maximum Gasteiger partial charge on any atom is 0.389 e. The van der Waals surface area contributed by atoms with Crippen molar-refractivity contribution < 1.29 is 22.4 Å². The smallest absolute Gasteiger partial charge is 0.349 e. The second-order valence-electron chi connectivity index (χ2n) is 5.64. The van der Waals surface area contributed by atoms with Crippen molar-refractivity contribution in [3.8, 4) is 0 Å². The summed E-state index contributed by atoms with van der Waals surface area (Å²) in [5.74, 6) is -1.11. The molecule has 0 bridgehead atoms. The fourth-order valence-corrected chi connectivity index (χ4v) is 2.44. The first-order valence-corrected chi connectivity index (χ1v) is 7.19. The molecule has 1 fully saturated rings. The van der Waals surface area contributed by atoms with Crippen LogP contribution in [0.25, 0.3) is 5.65 Å². The summed E-state index contributed by atoms with van der Waals surface area (Å²) in [6, 6.07) is 1.16. The van der Waals surface area contributed by atoms with E-state index in [2.05, 4.69) is 15.4 Å². The highest BCUT2D eigenvalue weighted by molar-refractivity contribution is 5.76. The van der Waals surface area contributed by atoms with Gasteiger partial charge >= 0.3 is 6.18 Å². The third-order valence-electron chi connectivity index (χ3n) is 3.75. The molecule has 1 aliphatic rings. The average molecular weight is 330 g/mol. The van der Waals surface area contributed by atoms with Crippen LogP contribution in [0, 0.1) is 11.9 Å². The summed E-state index contributed by atoms with van der Waals surface area (Å²) in [4.78, 5) is 15.6. The first-order chi connectivity index (χ1) is 10.8. The number of imidazole rings is 1. The highest BCUT2D eigenvalue weighted by Gasteiger charge is 2.35. The van der Waals surface area contributed by atoms with Crippen molar-refractivity contribution in [1.29, 1.82) is 0 Å². The van der Waals surface area contributed by atoms with Gasteiger partial charge in [-0.15, -0.1) is 0 Å². The van der Waals surface area contributed by atoms with Gasteiger partial charge in [0.1, 0.15) is 0 Å². The summed E-state index contributed by atoms with van der Waals surface area (Å²) in [5, 5.41) is 6.54. The summed E-state index contributed by atoms with van der Waals surface area (Å²) in [7, 11) is 0. The molecule has 9 heteroatoms. The molecule has 1 aliphatic carbocycles. The Labute approximate surface area is 128 Å². The maximum atomic E-state index is 13.3. The first-order valence-electron chi connectivity index (χ1n) is 7.19. The largest absolute Gasteiger partial charge is 0.389 e. The molecule has 1 atom stereocenters. The van der Waals surface area contributed by atoms with E-state index in [1.165, 1.54) is 6.20 Å². The minimum absolute atomic E-state index is 0.161. The standard InChI is InChI=1S/C14H14F4N4O/c15-10-7-19-11-5-9(6-20-22(10)11)13(8-1-2-8)21-12(23)3-4-14(16,17)18/h5-8,13H,1-4H2,(H,21,23)/t13-/m1/s1. The van der Waals surface area contributed by atoms with Gasteiger partial charge in [0.25, 0.3) is 0 Å². The molecular weight excluding hydrogens is 316 g/mol. The molecular formula is C14H14F4N4O. The van der Waals surface area contributed by atoms with Crippen molar-refractivity contribution in [2.24, 2.45) is 5.92 Å². The van der Waals surface area contributed by atoms with Crippen LogP contribution in [-0.4, -0.2) is 26.7 Å². The fourth-order valence-electron chi connectivity index (χ4n) is 2.44. The number of carbonyl (C=O) groups excluding carboxylic acids is 1. The lowest BCUT2D eigenvalue weighted by Gasteiger charge is -2.19. The summed E-state index contributed by atoms with van der Waals surface area (Å²) < 4.78 is 50.9. The molecule has 124 valence electrons. The van der Waals surface area contributed by atoms with Gasteiger partial charge in [-0.1, -0.05) is 0 Å². The zero-order chi connectivity index (χ0) is 16.6. The molecule has 0 spiro atoms. The minimum atomic E-state index is -4.36. The quantitative estimate of drug-likeness (QED) is 0.858. The number of amides is 1. The molecule has 0 aromatic carbocycles. The van der Waals surface area contributed by atoms with Crippen molar-refractivity contribution in [3.05, 3.63) is 30.0 Å². The van der Waals surface area contributed by atoms with Crippen LogP contribution in [0.3, 0.4) is 0 Å². The van der Waals surface area contributed by atoms with Crippen molar-refractivity contribution >= 4 is 11.6 Å². The Morgan fingerprint density at radius 1 is 1.39 bits per heavy atom. The van der Waals surface area contributed by atoms with Crippen LogP contribution < -0.4 is 5.32 Å². The van der Waals surface area contributed by atoms with Gasteiger partial charge in [0, 0.05) is 6.42 Å².